The fourth-order valence-corrected chi connectivity index (χ4v) is 1.41. The highest BCUT2D eigenvalue weighted by Gasteiger charge is 2.00. The van der Waals surface area contributed by atoms with Gasteiger partial charge >= 0.3 is 0 Å². The fraction of sp³-hybridized carbons (Fsp3) is 0.154. The second kappa shape index (κ2) is 5.32. The molecule has 88 valence electrons. The van der Waals surface area contributed by atoms with Crippen LogP contribution in [0.5, 0.6) is 17.4 Å². The topological polar surface area (TPSA) is 51.6 Å². The maximum absolute atomic E-state index is 9.02. The molecule has 0 saturated heterocycles. The second-order valence-corrected chi connectivity index (χ2v) is 3.44. The van der Waals surface area contributed by atoms with Gasteiger partial charge < -0.3 is 14.6 Å². The molecular formula is C13H13NO3. The van der Waals surface area contributed by atoms with E-state index < -0.39 is 0 Å². The van der Waals surface area contributed by atoms with Crippen LogP contribution < -0.4 is 9.47 Å². The smallest absolute Gasteiger partial charge is 0.216 e. The van der Waals surface area contributed by atoms with Crippen molar-refractivity contribution in [2.24, 2.45) is 0 Å². The van der Waals surface area contributed by atoms with Crippen molar-refractivity contribution in [1.29, 1.82) is 0 Å². The highest BCUT2D eigenvalue weighted by atomic mass is 16.5. The minimum absolute atomic E-state index is 0.00311. The maximum Gasteiger partial charge on any atom is 0.216 e. The van der Waals surface area contributed by atoms with Crippen molar-refractivity contribution in [3.05, 3.63) is 48.2 Å². The predicted octanol–water partition coefficient (Wildman–Crippen LogP) is 2.37. The van der Waals surface area contributed by atoms with Crippen molar-refractivity contribution in [3.8, 4) is 17.4 Å². The summed E-state index contributed by atoms with van der Waals surface area (Å²) in [5, 5.41) is 9.02. The van der Waals surface area contributed by atoms with Crippen molar-refractivity contribution in [1.82, 2.24) is 4.98 Å². The molecule has 0 spiro atoms. The normalized spacial score (nSPS) is 10.0. The van der Waals surface area contributed by atoms with Gasteiger partial charge in [0.05, 0.1) is 13.7 Å². The van der Waals surface area contributed by atoms with Crippen LogP contribution in [0, 0.1) is 0 Å². The average molecular weight is 231 g/mol. The number of hydrogen-bond donors (Lipinski definition) is 1. The van der Waals surface area contributed by atoms with Gasteiger partial charge in [0.25, 0.3) is 0 Å². The van der Waals surface area contributed by atoms with Gasteiger partial charge in [0.2, 0.25) is 5.88 Å². The number of nitrogens with zero attached hydrogens (tertiary/aromatic N) is 1. The van der Waals surface area contributed by atoms with E-state index in [2.05, 4.69) is 4.98 Å². The Kier molecular flexibility index (Phi) is 3.57. The Labute approximate surface area is 99.5 Å². The molecule has 17 heavy (non-hydrogen) atoms. The third kappa shape index (κ3) is 2.95. The first-order valence-electron chi connectivity index (χ1n) is 5.19. The molecule has 1 aromatic heterocycles. The number of hydrogen-bond acceptors (Lipinski definition) is 4. The predicted molar refractivity (Wildman–Crippen MR) is 63.2 cm³/mol. The van der Waals surface area contributed by atoms with Crippen LogP contribution in [0.4, 0.5) is 0 Å². The lowest BCUT2D eigenvalue weighted by Crippen LogP contribution is -1.90. The second-order valence-electron chi connectivity index (χ2n) is 3.44. The van der Waals surface area contributed by atoms with Crippen LogP contribution in [0.1, 0.15) is 5.56 Å². The van der Waals surface area contributed by atoms with Gasteiger partial charge in [-0.05, 0) is 23.8 Å². The number of aliphatic hydroxyl groups is 1. The van der Waals surface area contributed by atoms with E-state index in [-0.39, 0.29) is 6.61 Å². The van der Waals surface area contributed by atoms with Crippen LogP contribution in [-0.2, 0) is 6.61 Å². The lowest BCUT2D eigenvalue weighted by molar-refractivity contribution is 0.281. The van der Waals surface area contributed by atoms with Crippen molar-refractivity contribution < 1.29 is 14.6 Å². The summed E-state index contributed by atoms with van der Waals surface area (Å²) >= 11 is 0. The van der Waals surface area contributed by atoms with Crippen LogP contribution in [-0.4, -0.2) is 17.2 Å². The molecule has 0 amide bonds. The van der Waals surface area contributed by atoms with Crippen LogP contribution in [0.2, 0.25) is 0 Å². The van der Waals surface area contributed by atoms with Gasteiger partial charge in [0.15, 0.2) is 0 Å². The number of benzene rings is 1. The molecule has 2 rings (SSSR count). The molecule has 0 atom stereocenters. The number of rotatable bonds is 4. The van der Waals surface area contributed by atoms with Gasteiger partial charge in [-0.3, -0.25) is 0 Å². The van der Waals surface area contributed by atoms with Gasteiger partial charge in [0.1, 0.15) is 11.5 Å². The summed E-state index contributed by atoms with van der Waals surface area (Å²) in [6, 6.07) is 10.7. The minimum atomic E-state index is -0.00311. The van der Waals surface area contributed by atoms with Gasteiger partial charge in [-0.15, -0.1) is 0 Å². The summed E-state index contributed by atoms with van der Waals surface area (Å²) in [5.74, 6) is 1.82. The molecule has 2 aromatic rings. The first-order valence-corrected chi connectivity index (χ1v) is 5.19. The highest BCUT2D eigenvalue weighted by Crippen LogP contribution is 2.24. The van der Waals surface area contributed by atoms with E-state index in [0.29, 0.717) is 17.4 Å². The Balaban J connectivity index is 2.18. The largest absolute Gasteiger partial charge is 0.481 e. The number of aliphatic hydroxyl groups excluding tert-OH is 1. The molecule has 1 N–H and O–H groups in total. The van der Waals surface area contributed by atoms with Crippen LogP contribution in [0.15, 0.2) is 42.6 Å². The molecule has 4 heteroatoms. The van der Waals surface area contributed by atoms with Crippen LogP contribution in [0.3, 0.4) is 0 Å². The standard InChI is InChI=1S/C13H13NO3/c1-16-13-8-12(5-6-14-13)17-11-4-2-3-10(7-11)9-15/h2-8,15H,9H2,1H3. The Morgan fingerprint density at radius 2 is 2.00 bits per heavy atom. The summed E-state index contributed by atoms with van der Waals surface area (Å²) in [5.41, 5.74) is 0.809. The molecule has 1 heterocycles. The summed E-state index contributed by atoms with van der Waals surface area (Å²) in [7, 11) is 1.55. The van der Waals surface area contributed by atoms with Crippen molar-refractivity contribution in [2.75, 3.05) is 7.11 Å². The zero-order chi connectivity index (χ0) is 12.1. The third-order valence-electron chi connectivity index (χ3n) is 2.23. The lowest BCUT2D eigenvalue weighted by atomic mass is 10.2. The molecule has 0 unspecified atom stereocenters. The molecular weight excluding hydrogens is 218 g/mol. The molecule has 0 aliphatic heterocycles. The van der Waals surface area contributed by atoms with Gasteiger partial charge in [-0.25, -0.2) is 4.98 Å². The number of aromatic nitrogens is 1. The molecule has 0 aliphatic rings. The highest BCUT2D eigenvalue weighted by molar-refractivity contribution is 5.34. The number of ether oxygens (including phenoxy) is 2. The zero-order valence-corrected chi connectivity index (χ0v) is 9.46. The zero-order valence-electron chi connectivity index (χ0n) is 9.46. The molecule has 0 bridgehead atoms. The molecule has 0 saturated carbocycles. The van der Waals surface area contributed by atoms with E-state index in [1.165, 1.54) is 0 Å². The van der Waals surface area contributed by atoms with E-state index >= 15 is 0 Å². The quantitative estimate of drug-likeness (QED) is 0.877. The third-order valence-corrected chi connectivity index (χ3v) is 2.23. The van der Waals surface area contributed by atoms with Gasteiger partial charge in [0, 0.05) is 12.3 Å². The van der Waals surface area contributed by atoms with Crippen LogP contribution >= 0.6 is 0 Å². The van der Waals surface area contributed by atoms with E-state index in [4.69, 9.17) is 14.6 Å². The van der Waals surface area contributed by atoms with E-state index in [0.717, 1.165) is 5.56 Å². The first kappa shape index (κ1) is 11.4. The first-order chi connectivity index (χ1) is 8.31. The number of methoxy groups -OCH3 is 1. The Morgan fingerprint density at radius 3 is 2.76 bits per heavy atom. The monoisotopic (exact) mass is 231 g/mol. The number of pyridine rings is 1. The summed E-state index contributed by atoms with van der Waals surface area (Å²) in [4.78, 5) is 3.99. The molecule has 4 nitrogen and oxygen atoms in total. The molecule has 0 aliphatic carbocycles. The lowest BCUT2D eigenvalue weighted by Gasteiger charge is -2.07. The van der Waals surface area contributed by atoms with Crippen molar-refractivity contribution in [3.63, 3.8) is 0 Å². The maximum atomic E-state index is 9.02. The summed E-state index contributed by atoms with van der Waals surface area (Å²) in [6.45, 7) is -0.00311. The molecule has 0 fully saturated rings. The van der Waals surface area contributed by atoms with Crippen molar-refractivity contribution in [2.45, 2.75) is 6.61 Å². The van der Waals surface area contributed by atoms with E-state index in [9.17, 15) is 0 Å². The summed E-state index contributed by atoms with van der Waals surface area (Å²) in [6.07, 6.45) is 1.62. The minimum Gasteiger partial charge on any atom is -0.481 e. The van der Waals surface area contributed by atoms with E-state index in [1.54, 1.807) is 31.5 Å². The molecule has 0 radical (unpaired) electrons. The van der Waals surface area contributed by atoms with Gasteiger partial charge in [-0.1, -0.05) is 12.1 Å². The van der Waals surface area contributed by atoms with E-state index in [1.807, 2.05) is 18.2 Å². The SMILES string of the molecule is COc1cc(Oc2cccc(CO)c2)ccn1. The van der Waals surface area contributed by atoms with Gasteiger partial charge in [-0.2, -0.15) is 0 Å². The Morgan fingerprint density at radius 1 is 1.18 bits per heavy atom. The van der Waals surface area contributed by atoms with Crippen molar-refractivity contribution >= 4 is 0 Å². The average Bonchev–Trinajstić information content (AvgIpc) is 2.39. The fourth-order valence-electron chi connectivity index (χ4n) is 1.41. The Hall–Kier alpha value is -2.07. The molecule has 1 aromatic carbocycles. The summed E-state index contributed by atoms with van der Waals surface area (Å²) < 4.78 is 10.6. The van der Waals surface area contributed by atoms with Crippen LogP contribution in [0.25, 0.3) is 0 Å². The Bertz CT molecular complexity index is 454.